The lowest BCUT2D eigenvalue weighted by Crippen LogP contribution is -2.39. The van der Waals surface area contributed by atoms with Gasteiger partial charge in [0.15, 0.2) is 0 Å². The van der Waals surface area contributed by atoms with Crippen LogP contribution in [-0.4, -0.2) is 0 Å². The van der Waals surface area contributed by atoms with Crippen LogP contribution in [0.1, 0.15) is 0 Å². The number of allylic oxidation sites excluding steroid dienone is 8. The molecule has 0 radical (unpaired) electrons. The standard InChI is InChI=1S/C78H48S2/c1-2-17-47(18-3-1)56-28-14-32-71-72-33-16-30-58(78(72)80-77(56)71)55-42-51(49-36-38-68-64-24-7-5-20-60(64)62-22-9-11-26-66(62)74(68)46-49)40-53(44-55)52-39-50(41-54(43-52)57-29-15-31-70-69-27-12-13-34-75(69)79-76(57)70)48-35-37-67-63-23-6-4-19-59(63)61-21-8-10-25-65(61)73(67)45-48/h1-46,60,62H. The number of thiophene rings is 2. The summed E-state index contributed by atoms with van der Waals surface area (Å²) in [4.78, 5) is 0. The molecule has 80 heavy (non-hydrogen) atoms. The van der Waals surface area contributed by atoms with Crippen molar-refractivity contribution in [2.45, 2.75) is 0 Å². The number of hydrogen-bond acceptors (Lipinski definition) is 2. The summed E-state index contributed by atoms with van der Waals surface area (Å²) in [5.74, 6) is 0.625. The molecular formula is C78H48S2. The molecule has 2 unspecified atom stereocenters. The molecule has 2 aromatic heterocycles. The fourth-order valence-corrected chi connectivity index (χ4v) is 16.3. The quantitative estimate of drug-likeness (QED) is 0.146. The van der Waals surface area contributed by atoms with E-state index in [1.807, 2.05) is 22.7 Å². The molecule has 0 nitrogen and oxygen atoms in total. The molecule has 3 aliphatic rings. The molecule has 0 amide bonds. The first kappa shape index (κ1) is 45.6. The zero-order valence-electron chi connectivity index (χ0n) is 43.5. The first-order valence-corrected chi connectivity index (χ1v) is 29.4. The number of fused-ring (bicyclic) bond motifs is 16. The molecular weight excluding hydrogens is 1000 g/mol. The second kappa shape index (κ2) is 18.1. The van der Waals surface area contributed by atoms with Gasteiger partial charge in [-0.15, -0.1) is 22.7 Å². The number of hydrogen-bond donors (Lipinski definition) is 0. The van der Waals surface area contributed by atoms with Crippen molar-refractivity contribution in [3.05, 3.63) is 290 Å². The second-order valence-electron chi connectivity index (χ2n) is 21.8. The van der Waals surface area contributed by atoms with E-state index in [0.717, 1.165) is 0 Å². The zero-order valence-corrected chi connectivity index (χ0v) is 45.2. The third kappa shape index (κ3) is 7.13. The third-order valence-corrected chi connectivity index (χ3v) is 19.9. The molecule has 2 heteroatoms. The van der Waals surface area contributed by atoms with Gasteiger partial charge in [0.05, 0.1) is 0 Å². The Kier molecular flexibility index (Phi) is 10.3. The van der Waals surface area contributed by atoms with Crippen LogP contribution in [0, 0.1) is 11.8 Å². The lowest BCUT2D eigenvalue weighted by molar-refractivity contribution is 0.694. The monoisotopic (exact) mass is 1050 g/mol. The SMILES string of the molecule is C1=CC2=c3ccc(-c4cc(-c5cc(-c6ccc7c8ccccc8c8ccccc8c7c6)cc(-c6cccc7c6sc6ccccc67)c5)cc(-c5cccc6c5sc5c(-c7ccccc7)cccc56)c4)cc3=C3C=CC=CC3C2C=C1. The van der Waals surface area contributed by atoms with E-state index in [1.54, 1.807) is 0 Å². The topological polar surface area (TPSA) is 0 Å². The molecule has 3 aliphatic carbocycles. The van der Waals surface area contributed by atoms with Crippen LogP contribution in [0.2, 0.25) is 0 Å². The van der Waals surface area contributed by atoms with Gasteiger partial charge in [-0.2, -0.15) is 0 Å². The minimum absolute atomic E-state index is 0.297. The van der Waals surface area contributed by atoms with Gasteiger partial charge in [-0.3, -0.25) is 0 Å². The predicted molar refractivity (Wildman–Crippen MR) is 347 cm³/mol. The Morgan fingerprint density at radius 2 is 0.662 bits per heavy atom. The van der Waals surface area contributed by atoms with Crippen LogP contribution in [0.15, 0.2) is 279 Å². The van der Waals surface area contributed by atoms with Gasteiger partial charge in [0.2, 0.25) is 0 Å². The van der Waals surface area contributed by atoms with Gasteiger partial charge in [-0.25, -0.2) is 0 Å². The molecule has 2 heterocycles. The van der Waals surface area contributed by atoms with Gasteiger partial charge in [-0.05, 0) is 175 Å². The molecule has 0 bridgehead atoms. The normalized spacial score (nSPS) is 15.5. The highest BCUT2D eigenvalue weighted by Gasteiger charge is 2.29. The van der Waals surface area contributed by atoms with Crippen molar-refractivity contribution in [2.24, 2.45) is 11.8 Å². The summed E-state index contributed by atoms with van der Waals surface area (Å²) in [6.07, 6.45) is 18.3. The molecule has 0 fully saturated rings. The Balaban J connectivity index is 0.936. The van der Waals surface area contributed by atoms with Crippen LogP contribution in [0.5, 0.6) is 0 Å². The van der Waals surface area contributed by atoms with E-state index < -0.39 is 0 Å². The Bertz CT molecular complexity index is 5210. The van der Waals surface area contributed by atoms with E-state index in [4.69, 9.17) is 0 Å². The van der Waals surface area contributed by atoms with Crippen LogP contribution in [0.4, 0.5) is 0 Å². The van der Waals surface area contributed by atoms with Gasteiger partial charge in [0.25, 0.3) is 0 Å². The van der Waals surface area contributed by atoms with Crippen molar-refractivity contribution in [3.63, 3.8) is 0 Å². The lowest BCUT2D eigenvalue weighted by atomic mass is 9.72. The summed E-state index contributed by atoms with van der Waals surface area (Å²) in [5.41, 5.74) is 17.4. The van der Waals surface area contributed by atoms with E-state index in [0.29, 0.717) is 11.8 Å². The van der Waals surface area contributed by atoms with E-state index >= 15 is 0 Å². The zero-order chi connectivity index (χ0) is 52.4. The summed E-state index contributed by atoms with van der Waals surface area (Å²) in [6.45, 7) is 0. The summed E-state index contributed by atoms with van der Waals surface area (Å²) >= 11 is 3.82. The van der Waals surface area contributed by atoms with E-state index in [9.17, 15) is 0 Å². The summed E-state index contributed by atoms with van der Waals surface area (Å²) in [7, 11) is 0. The second-order valence-corrected chi connectivity index (χ2v) is 23.8. The van der Waals surface area contributed by atoms with Crippen molar-refractivity contribution in [1.82, 2.24) is 0 Å². The van der Waals surface area contributed by atoms with Crippen molar-refractivity contribution in [1.29, 1.82) is 0 Å². The highest BCUT2D eigenvalue weighted by molar-refractivity contribution is 7.27. The molecule has 2 atom stereocenters. The Morgan fingerprint density at radius 3 is 1.26 bits per heavy atom. The molecule has 0 aliphatic heterocycles. The van der Waals surface area contributed by atoms with Crippen LogP contribution in [0.25, 0.3) is 151 Å². The van der Waals surface area contributed by atoms with Crippen LogP contribution >= 0.6 is 22.7 Å². The molecule has 14 aromatic rings. The molecule has 0 N–H and O–H groups in total. The first-order valence-electron chi connectivity index (χ1n) is 27.8. The van der Waals surface area contributed by atoms with Crippen molar-refractivity contribution in [3.8, 4) is 66.8 Å². The van der Waals surface area contributed by atoms with Gasteiger partial charge < -0.3 is 0 Å². The molecule has 17 rings (SSSR count). The van der Waals surface area contributed by atoms with Gasteiger partial charge >= 0.3 is 0 Å². The first-order chi connectivity index (χ1) is 39.6. The van der Waals surface area contributed by atoms with Crippen molar-refractivity contribution in [2.75, 3.05) is 0 Å². The van der Waals surface area contributed by atoms with Crippen LogP contribution in [-0.2, 0) is 0 Å². The highest BCUT2D eigenvalue weighted by Crippen LogP contribution is 2.48. The fraction of sp³-hybridized carbons (Fsp3) is 0.0256. The molecule has 0 spiro atoms. The predicted octanol–water partition coefficient (Wildman–Crippen LogP) is 20.7. The van der Waals surface area contributed by atoms with E-state index in [2.05, 4.69) is 279 Å². The van der Waals surface area contributed by atoms with Crippen molar-refractivity contribution >= 4 is 106 Å². The van der Waals surface area contributed by atoms with Crippen molar-refractivity contribution < 1.29 is 0 Å². The molecule has 372 valence electrons. The molecule has 0 saturated heterocycles. The average molecular weight is 1050 g/mol. The third-order valence-electron chi connectivity index (χ3n) is 17.4. The maximum Gasteiger partial charge on any atom is 0.0434 e. The number of benzene rings is 12. The number of rotatable bonds is 6. The highest BCUT2D eigenvalue weighted by atomic mass is 32.1. The maximum atomic E-state index is 2.48. The van der Waals surface area contributed by atoms with Crippen LogP contribution in [0.3, 0.4) is 0 Å². The van der Waals surface area contributed by atoms with E-state index in [1.165, 1.54) is 161 Å². The largest absolute Gasteiger partial charge is 0.135 e. The minimum Gasteiger partial charge on any atom is -0.135 e. The van der Waals surface area contributed by atoms with E-state index in [-0.39, 0.29) is 0 Å². The average Bonchev–Trinajstić information content (AvgIpc) is 4.16. The van der Waals surface area contributed by atoms with Gasteiger partial charge in [0.1, 0.15) is 0 Å². The summed E-state index contributed by atoms with van der Waals surface area (Å²) in [6, 6.07) is 87.4. The Morgan fingerprint density at radius 1 is 0.237 bits per heavy atom. The lowest BCUT2D eigenvalue weighted by Gasteiger charge is -2.31. The Labute approximate surface area is 471 Å². The smallest absolute Gasteiger partial charge is 0.0434 e. The van der Waals surface area contributed by atoms with Gasteiger partial charge in [-0.1, -0.05) is 225 Å². The van der Waals surface area contributed by atoms with Crippen LogP contribution < -0.4 is 10.4 Å². The molecule has 12 aromatic carbocycles. The summed E-state index contributed by atoms with van der Waals surface area (Å²) < 4.78 is 5.24. The summed E-state index contributed by atoms with van der Waals surface area (Å²) in [5, 5.41) is 15.5. The van der Waals surface area contributed by atoms with Gasteiger partial charge in [0, 0.05) is 52.2 Å². The minimum atomic E-state index is 0.297. The maximum absolute atomic E-state index is 2.48. The fourth-order valence-electron chi connectivity index (χ4n) is 13.7. The molecule has 0 saturated carbocycles. The Hall–Kier alpha value is -9.44.